The summed E-state index contributed by atoms with van der Waals surface area (Å²) in [6, 6.07) is 0. The van der Waals surface area contributed by atoms with E-state index in [0.29, 0.717) is 6.54 Å². The third-order valence-electron chi connectivity index (χ3n) is 2.38. The number of alkyl halides is 3. The van der Waals surface area contributed by atoms with Crippen molar-refractivity contribution in [2.75, 3.05) is 6.54 Å². The number of halogens is 3. The van der Waals surface area contributed by atoms with Gasteiger partial charge in [-0.25, -0.2) is 0 Å². The predicted octanol–water partition coefficient (Wildman–Crippen LogP) is 4.87. The van der Waals surface area contributed by atoms with Crippen molar-refractivity contribution in [3.05, 3.63) is 35.5 Å². The van der Waals surface area contributed by atoms with Gasteiger partial charge in [-0.1, -0.05) is 31.2 Å². The number of hydrogen-bond acceptors (Lipinski definition) is 1. The normalized spacial score (nSPS) is 14.9. The van der Waals surface area contributed by atoms with Crippen LogP contribution in [0, 0.1) is 0 Å². The SMILES string of the molecule is C=C/C(CC)=C(\C=C(/C)CC(F)(F)F)C/N=C\C. The quantitative estimate of drug-likeness (QED) is 0.476. The third-order valence-corrected chi connectivity index (χ3v) is 2.38. The van der Waals surface area contributed by atoms with Crippen LogP contribution in [0.3, 0.4) is 0 Å². The molecule has 0 aromatic heterocycles. The molecule has 0 amide bonds. The fourth-order valence-corrected chi connectivity index (χ4v) is 1.60. The van der Waals surface area contributed by atoms with Crippen LogP contribution in [0.2, 0.25) is 0 Å². The van der Waals surface area contributed by atoms with Gasteiger partial charge in [0.1, 0.15) is 0 Å². The topological polar surface area (TPSA) is 12.4 Å². The minimum Gasteiger partial charge on any atom is -0.293 e. The number of allylic oxidation sites excluding steroid dienone is 3. The molecule has 4 heteroatoms. The Bertz CT molecular complexity index is 360. The Kier molecular flexibility index (Phi) is 7.32. The van der Waals surface area contributed by atoms with Crippen molar-refractivity contribution in [3.8, 4) is 0 Å². The van der Waals surface area contributed by atoms with Gasteiger partial charge in [0.05, 0.1) is 13.0 Å². The van der Waals surface area contributed by atoms with E-state index in [-0.39, 0.29) is 5.57 Å². The summed E-state index contributed by atoms with van der Waals surface area (Å²) in [5.41, 5.74) is 2.02. The first-order chi connectivity index (χ1) is 8.34. The molecule has 0 fully saturated rings. The summed E-state index contributed by atoms with van der Waals surface area (Å²) in [6.07, 6.45) is 0.566. The molecule has 0 N–H and O–H groups in total. The van der Waals surface area contributed by atoms with Crippen LogP contribution in [0.25, 0.3) is 0 Å². The summed E-state index contributed by atoms with van der Waals surface area (Å²) < 4.78 is 36.8. The van der Waals surface area contributed by atoms with Crippen LogP contribution in [0.5, 0.6) is 0 Å². The summed E-state index contributed by atoms with van der Waals surface area (Å²) >= 11 is 0. The van der Waals surface area contributed by atoms with Crippen molar-refractivity contribution in [2.24, 2.45) is 4.99 Å². The molecule has 0 saturated carbocycles. The predicted molar refractivity (Wildman–Crippen MR) is 71.0 cm³/mol. The Hall–Kier alpha value is -1.32. The lowest BCUT2D eigenvalue weighted by atomic mass is 10.0. The molecule has 1 nitrogen and oxygen atoms in total. The molecule has 18 heavy (non-hydrogen) atoms. The summed E-state index contributed by atoms with van der Waals surface area (Å²) in [5, 5.41) is 0. The van der Waals surface area contributed by atoms with Gasteiger partial charge in [-0.05, 0) is 37.6 Å². The lowest BCUT2D eigenvalue weighted by molar-refractivity contribution is -0.127. The molecule has 0 atom stereocenters. The first kappa shape index (κ1) is 16.7. The largest absolute Gasteiger partial charge is 0.392 e. The average molecular weight is 259 g/mol. The van der Waals surface area contributed by atoms with Gasteiger partial charge in [0.2, 0.25) is 0 Å². The van der Waals surface area contributed by atoms with Crippen LogP contribution in [-0.2, 0) is 0 Å². The average Bonchev–Trinajstić information content (AvgIpc) is 2.24. The molecule has 0 spiro atoms. The first-order valence-electron chi connectivity index (χ1n) is 5.86. The molecule has 0 rings (SSSR count). The summed E-state index contributed by atoms with van der Waals surface area (Å²) in [4.78, 5) is 4.08. The van der Waals surface area contributed by atoms with Crippen LogP contribution >= 0.6 is 0 Å². The van der Waals surface area contributed by atoms with Gasteiger partial charge in [0, 0.05) is 0 Å². The molecule has 0 aromatic carbocycles. The minimum atomic E-state index is -4.17. The Morgan fingerprint density at radius 2 is 1.89 bits per heavy atom. The first-order valence-corrected chi connectivity index (χ1v) is 5.86. The molecule has 0 saturated heterocycles. The van der Waals surface area contributed by atoms with Crippen molar-refractivity contribution in [2.45, 2.75) is 39.8 Å². The maximum Gasteiger partial charge on any atom is 0.392 e. The van der Waals surface area contributed by atoms with Crippen molar-refractivity contribution >= 4 is 6.21 Å². The molecular weight excluding hydrogens is 239 g/mol. The summed E-state index contributed by atoms with van der Waals surface area (Å²) in [5.74, 6) is 0. The molecule has 0 aliphatic rings. The second kappa shape index (κ2) is 7.90. The molecule has 0 aliphatic carbocycles. The van der Waals surface area contributed by atoms with Gasteiger partial charge in [0.25, 0.3) is 0 Å². The molecule has 0 heterocycles. The Labute approximate surface area is 107 Å². The van der Waals surface area contributed by atoms with Crippen LogP contribution in [0.4, 0.5) is 13.2 Å². The third kappa shape index (κ3) is 7.09. The van der Waals surface area contributed by atoms with Gasteiger partial charge < -0.3 is 0 Å². The van der Waals surface area contributed by atoms with Crippen molar-refractivity contribution in [1.29, 1.82) is 0 Å². The van der Waals surface area contributed by atoms with E-state index in [4.69, 9.17) is 0 Å². The van der Waals surface area contributed by atoms with E-state index in [0.717, 1.165) is 17.6 Å². The fourth-order valence-electron chi connectivity index (χ4n) is 1.60. The van der Waals surface area contributed by atoms with Crippen LogP contribution < -0.4 is 0 Å². The smallest absolute Gasteiger partial charge is 0.293 e. The van der Waals surface area contributed by atoms with E-state index in [1.54, 1.807) is 25.3 Å². The van der Waals surface area contributed by atoms with Gasteiger partial charge in [0.15, 0.2) is 0 Å². The second-order valence-electron chi connectivity index (χ2n) is 3.99. The number of nitrogens with zero attached hydrogens (tertiary/aromatic N) is 1. The lowest BCUT2D eigenvalue weighted by Crippen LogP contribution is -2.07. The monoisotopic (exact) mass is 259 g/mol. The number of aliphatic imine (C=N–C) groups is 1. The van der Waals surface area contributed by atoms with E-state index >= 15 is 0 Å². The zero-order valence-electron chi connectivity index (χ0n) is 11.1. The van der Waals surface area contributed by atoms with Gasteiger partial charge in [-0.3, -0.25) is 4.99 Å². The Morgan fingerprint density at radius 1 is 1.28 bits per heavy atom. The molecule has 0 aromatic rings. The Morgan fingerprint density at radius 3 is 2.28 bits per heavy atom. The zero-order valence-corrected chi connectivity index (χ0v) is 11.1. The van der Waals surface area contributed by atoms with Crippen molar-refractivity contribution < 1.29 is 13.2 Å². The van der Waals surface area contributed by atoms with Gasteiger partial charge in [-0.2, -0.15) is 13.2 Å². The molecule has 0 bridgehead atoms. The molecule has 0 unspecified atom stereocenters. The lowest BCUT2D eigenvalue weighted by Gasteiger charge is -2.09. The zero-order chi connectivity index (χ0) is 14.2. The Balaban J connectivity index is 5.16. The van der Waals surface area contributed by atoms with Crippen LogP contribution in [0.15, 0.2) is 40.4 Å². The van der Waals surface area contributed by atoms with Crippen LogP contribution in [0.1, 0.15) is 33.6 Å². The highest BCUT2D eigenvalue weighted by atomic mass is 19.4. The summed E-state index contributed by atoms with van der Waals surface area (Å²) in [6.45, 7) is 9.28. The van der Waals surface area contributed by atoms with E-state index in [9.17, 15) is 13.2 Å². The van der Waals surface area contributed by atoms with E-state index in [2.05, 4.69) is 11.6 Å². The van der Waals surface area contributed by atoms with Crippen LogP contribution in [-0.4, -0.2) is 18.9 Å². The highest BCUT2D eigenvalue weighted by molar-refractivity contribution is 5.54. The molecular formula is C14H20F3N. The van der Waals surface area contributed by atoms with Crippen molar-refractivity contribution in [3.63, 3.8) is 0 Å². The maximum absolute atomic E-state index is 12.3. The number of hydrogen-bond donors (Lipinski definition) is 0. The standard InChI is InChI=1S/C14H20F3N/c1-5-12(6-2)13(10-18-7-3)8-11(4)9-14(15,16)17/h5,7-8H,1,6,9-10H2,2-4H3/b11-8+,13-12-,18-7-. The maximum atomic E-state index is 12.3. The molecule has 0 aliphatic heterocycles. The highest BCUT2D eigenvalue weighted by Crippen LogP contribution is 2.25. The van der Waals surface area contributed by atoms with Gasteiger partial charge >= 0.3 is 6.18 Å². The van der Waals surface area contributed by atoms with E-state index in [1.165, 1.54) is 6.92 Å². The number of rotatable bonds is 6. The summed E-state index contributed by atoms with van der Waals surface area (Å²) in [7, 11) is 0. The molecule has 102 valence electrons. The molecule has 0 radical (unpaired) electrons. The fraction of sp³-hybridized carbons (Fsp3) is 0.500. The van der Waals surface area contributed by atoms with E-state index in [1.807, 2.05) is 6.92 Å². The van der Waals surface area contributed by atoms with E-state index < -0.39 is 12.6 Å². The minimum absolute atomic E-state index is 0.289. The van der Waals surface area contributed by atoms with Crippen molar-refractivity contribution in [1.82, 2.24) is 0 Å². The highest BCUT2D eigenvalue weighted by Gasteiger charge is 2.27. The van der Waals surface area contributed by atoms with Gasteiger partial charge in [-0.15, -0.1) is 0 Å². The second-order valence-corrected chi connectivity index (χ2v) is 3.99.